The molecule has 3 aromatic carbocycles. The van der Waals surface area contributed by atoms with Crippen LogP contribution in [0.3, 0.4) is 0 Å². The summed E-state index contributed by atoms with van der Waals surface area (Å²) in [5, 5.41) is 5.50. The second kappa shape index (κ2) is 10.8. The van der Waals surface area contributed by atoms with Crippen LogP contribution in [0.1, 0.15) is 34.1 Å². The fourth-order valence-electron chi connectivity index (χ4n) is 2.97. The van der Waals surface area contributed by atoms with Crippen LogP contribution in [0.25, 0.3) is 0 Å². The molecule has 0 aliphatic heterocycles. The smallest absolute Gasteiger partial charge is 0.262 e. The number of Topliss-reactive ketones (excluding diaryl/α,β-unsaturated/α-hetero) is 1. The summed E-state index contributed by atoms with van der Waals surface area (Å²) in [4.78, 5) is 36.8. The Balaban J connectivity index is 1.62. The third kappa shape index (κ3) is 5.95. The van der Waals surface area contributed by atoms with E-state index in [1.807, 2.05) is 0 Å². The number of carbonyl (C=O) groups is 3. The van der Waals surface area contributed by atoms with Crippen molar-refractivity contribution in [2.75, 3.05) is 24.4 Å². The number of ether oxygens (including phenoxy) is 2. The molecule has 7 nitrogen and oxygen atoms in total. The van der Waals surface area contributed by atoms with Gasteiger partial charge in [-0.15, -0.1) is 0 Å². The maximum absolute atomic E-state index is 12.7. The highest BCUT2D eigenvalue weighted by molar-refractivity contribution is 6.10. The molecule has 0 atom stereocenters. The maximum atomic E-state index is 12.7. The molecular weight excluding hydrogens is 408 g/mol. The summed E-state index contributed by atoms with van der Waals surface area (Å²) in [5.41, 5.74) is 1.85. The van der Waals surface area contributed by atoms with Gasteiger partial charge in [0.1, 0.15) is 11.5 Å². The zero-order valence-corrected chi connectivity index (χ0v) is 17.9. The van der Waals surface area contributed by atoms with Gasteiger partial charge < -0.3 is 20.1 Å². The molecule has 0 saturated heterocycles. The summed E-state index contributed by atoms with van der Waals surface area (Å²) >= 11 is 0. The second-order valence-corrected chi connectivity index (χ2v) is 6.87. The lowest BCUT2D eigenvalue weighted by Crippen LogP contribution is -2.22. The standard InChI is InChI=1S/C25H24N2O5/c1-3-23(28)17-11-13-19(14-12-17)32-16-24(29)27-22-10-5-4-9-21(22)25(30)26-18-7-6-8-20(15-18)31-2/h4-15H,3,16H2,1-2H3,(H,26,30)(H,27,29). The SMILES string of the molecule is CCC(=O)c1ccc(OCC(=O)Nc2ccccc2C(=O)Nc2cccc(OC)c2)cc1. The minimum Gasteiger partial charge on any atom is -0.497 e. The number of benzene rings is 3. The molecule has 7 heteroatoms. The molecule has 2 N–H and O–H groups in total. The van der Waals surface area contributed by atoms with Crippen molar-refractivity contribution in [3.63, 3.8) is 0 Å². The summed E-state index contributed by atoms with van der Waals surface area (Å²) in [6.07, 6.45) is 0.424. The number of hydrogen-bond acceptors (Lipinski definition) is 5. The average molecular weight is 432 g/mol. The third-order valence-corrected chi connectivity index (χ3v) is 4.64. The van der Waals surface area contributed by atoms with Gasteiger partial charge in [0.2, 0.25) is 0 Å². The lowest BCUT2D eigenvalue weighted by atomic mass is 10.1. The number of rotatable bonds is 9. The molecule has 0 radical (unpaired) electrons. The molecule has 0 aliphatic rings. The minimum absolute atomic E-state index is 0.0399. The number of carbonyl (C=O) groups excluding carboxylic acids is 3. The van der Waals surface area contributed by atoms with Gasteiger partial charge in [0.25, 0.3) is 11.8 Å². The lowest BCUT2D eigenvalue weighted by Gasteiger charge is -2.12. The monoisotopic (exact) mass is 432 g/mol. The van der Waals surface area contributed by atoms with E-state index in [1.54, 1.807) is 86.8 Å². The fraction of sp³-hybridized carbons (Fsp3) is 0.160. The van der Waals surface area contributed by atoms with E-state index in [2.05, 4.69) is 10.6 Å². The van der Waals surface area contributed by atoms with E-state index in [0.717, 1.165) is 0 Å². The van der Waals surface area contributed by atoms with Crippen molar-refractivity contribution in [1.82, 2.24) is 0 Å². The van der Waals surface area contributed by atoms with E-state index < -0.39 is 5.91 Å². The Morgan fingerprint density at radius 3 is 2.31 bits per heavy atom. The number of para-hydroxylation sites is 1. The summed E-state index contributed by atoms with van der Waals surface area (Å²) in [6, 6.07) is 20.3. The zero-order chi connectivity index (χ0) is 22.9. The van der Waals surface area contributed by atoms with Crippen molar-refractivity contribution in [3.8, 4) is 11.5 Å². The van der Waals surface area contributed by atoms with E-state index in [0.29, 0.717) is 40.4 Å². The number of ketones is 1. The Hall–Kier alpha value is -4.13. The van der Waals surface area contributed by atoms with Gasteiger partial charge in [0, 0.05) is 23.7 Å². The van der Waals surface area contributed by atoms with E-state index in [1.165, 1.54) is 0 Å². The molecule has 0 heterocycles. The van der Waals surface area contributed by atoms with Gasteiger partial charge >= 0.3 is 0 Å². The summed E-state index contributed by atoms with van der Waals surface area (Å²) in [5.74, 6) is 0.343. The summed E-state index contributed by atoms with van der Waals surface area (Å²) < 4.78 is 10.7. The molecule has 0 spiro atoms. The molecular formula is C25H24N2O5. The van der Waals surface area contributed by atoms with Crippen molar-refractivity contribution in [2.24, 2.45) is 0 Å². The number of hydrogen-bond donors (Lipinski definition) is 2. The van der Waals surface area contributed by atoms with Gasteiger partial charge in [0.15, 0.2) is 12.4 Å². The molecule has 0 aromatic heterocycles. The molecule has 0 fully saturated rings. The number of nitrogens with one attached hydrogen (secondary N) is 2. The van der Waals surface area contributed by atoms with E-state index in [-0.39, 0.29) is 18.3 Å². The van der Waals surface area contributed by atoms with E-state index >= 15 is 0 Å². The quantitative estimate of drug-likeness (QED) is 0.484. The first-order valence-corrected chi connectivity index (χ1v) is 10.1. The Bertz CT molecular complexity index is 1110. The molecule has 2 amide bonds. The first kappa shape index (κ1) is 22.6. The van der Waals surface area contributed by atoms with Crippen molar-refractivity contribution in [2.45, 2.75) is 13.3 Å². The van der Waals surface area contributed by atoms with Crippen molar-refractivity contribution >= 4 is 29.0 Å². The van der Waals surface area contributed by atoms with Crippen LogP contribution in [0, 0.1) is 0 Å². The van der Waals surface area contributed by atoms with Crippen molar-refractivity contribution < 1.29 is 23.9 Å². The van der Waals surface area contributed by atoms with Crippen LogP contribution >= 0.6 is 0 Å². The van der Waals surface area contributed by atoms with Gasteiger partial charge in [-0.25, -0.2) is 0 Å². The van der Waals surface area contributed by atoms with Gasteiger partial charge in [-0.2, -0.15) is 0 Å². The Morgan fingerprint density at radius 2 is 1.59 bits per heavy atom. The lowest BCUT2D eigenvalue weighted by molar-refractivity contribution is -0.118. The predicted molar refractivity (Wildman–Crippen MR) is 123 cm³/mol. The average Bonchev–Trinajstić information content (AvgIpc) is 2.83. The molecule has 3 aromatic rings. The van der Waals surface area contributed by atoms with Crippen LogP contribution in [0.4, 0.5) is 11.4 Å². The Kier molecular flexibility index (Phi) is 7.59. The van der Waals surface area contributed by atoms with E-state index in [9.17, 15) is 14.4 Å². The summed E-state index contributed by atoms with van der Waals surface area (Å²) in [6.45, 7) is 1.55. The van der Waals surface area contributed by atoms with Gasteiger partial charge in [0.05, 0.1) is 18.4 Å². The minimum atomic E-state index is -0.416. The van der Waals surface area contributed by atoms with Gasteiger partial charge in [-0.3, -0.25) is 14.4 Å². The molecule has 164 valence electrons. The largest absolute Gasteiger partial charge is 0.497 e. The van der Waals surface area contributed by atoms with Gasteiger partial charge in [-0.1, -0.05) is 25.1 Å². The highest BCUT2D eigenvalue weighted by Gasteiger charge is 2.14. The first-order valence-electron chi connectivity index (χ1n) is 10.1. The predicted octanol–water partition coefficient (Wildman–Crippen LogP) is 4.56. The van der Waals surface area contributed by atoms with Crippen molar-refractivity contribution in [3.05, 3.63) is 83.9 Å². The zero-order valence-electron chi connectivity index (χ0n) is 17.9. The number of amides is 2. The van der Waals surface area contributed by atoms with Crippen LogP contribution in [-0.2, 0) is 4.79 Å². The van der Waals surface area contributed by atoms with Crippen LogP contribution in [0.15, 0.2) is 72.8 Å². The number of methoxy groups -OCH3 is 1. The Morgan fingerprint density at radius 1 is 0.844 bits per heavy atom. The maximum Gasteiger partial charge on any atom is 0.262 e. The van der Waals surface area contributed by atoms with Crippen molar-refractivity contribution in [1.29, 1.82) is 0 Å². The topological polar surface area (TPSA) is 93.7 Å². The van der Waals surface area contributed by atoms with Crippen LogP contribution in [0.5, 0.6) is 11.5 Å². The first-order chi connectivity index (χ1) is 15.5. The number of anilines is 2. The molecule has 32 heavy (non-hydrogen) atoms. The Labute approximate surface area is 186 Å². The highest BCUT2D eigenvalue weighted by Crippen LogP contribution is 2.21. The molecule has 0 saturated carbocycles. The van der Waals surface area contributed by atoms with Gasteiger partial charge in [-0.05, 0) is 48.5 Å². The molecule has 0 bridgehead atoms. The van der Waals surface area contributed by atoms with E-state index in [4.69, 9.17) is 9.47 Å². The van der Waals surface area contributed by atoms with Crippen LogP contribution in [-0.4, -0.2) is 31.3 Å². The molecule has 0 aliphatic carbocycles. The third-order valence-electron chi connectivity index (χ3n) is 4.64. The highest BCUT2D eigenvalue weighted by atomic mass is 16.5. The van der Waals surface area contributed by atoms with Crippen LogP contribution in [0.2, 0.25) is 0 Å². The normalized spacial score (nSPS) is 10.2. The summed E-state index contributed by atoms with van der Waals surface area (Å²) in [7, 11) is 1.55. The molecule has 0 unspecified atom stereocenters. The second-order valence-electron chi connectivity index (χ2n) is 6.87. The van der Waals surface area contributed by atoms with Crippen LogP contribution < -0.4 is 20.1 Å². The molecule has 3 rings (SSSR count). The fourth-order valence-corrected chi connectivity index (χ4v) is 2.97.